The van der Waals surface area contributed by atoms with E-state index >= 15 is 0 Å². The molecule has 0 amide bonds. The molecule has 0 bridgehead atoms. The Morgan fingerprint density at radius 2 is 1.79 bits per heavy atom. The van der Waals surface area contributed by atoms with E-state index in [9.17, 15) is 0 Å². The Bertz CT molecular complexity index is 374. The molecule has 3 heteroatoms. The van der Waals surface area contributed by atoms with Crippen LogP contribution in [0.1, 0.15) is 12.5 Å². The Balaban J connectivity index is 2.04. The first kappa shape index (κ1) is 14.5. The van der Waals surface area contributed by atoms with Gasteiger partial charge < -0.3 is 9.64 Å². The highest BCUT2D eigenvalue weighted by Crippen LogP contribution is 2.20. The van der Waals surface area contributed by atoms with Gasteiger partial charge in [0.25, 0.3) is 0 Å². The number of morpholine rings is 1. The highest BCUT2D eigenvalue weighted by Gasteiger charge is 2.30. The summed E-state index contributed by atoms with van der Waals surface area (Å²) in [5.41, 5.74) is 1.57. The molecular weight excluding hydrogens is 236 g/mol. The van der Waals surface area contributed by atoms with Gasteiger partial charge in [-0.25, -0.2) is 0 Å². The SMILES string of the molecule is CN(C)C(C)(Cc1ccccc1)CN1CCOCC1. The first-order valence-electron chi connectivity index (χ1n) is 7.12. The second-order valence-corrected chi connectivity index (χ2v) is 5.94. The third-order valence-corrected chi connectivity index (χ3v) is 4.18. The zero-order valence-corrected chi connectivity index (χ0v) is 12.4. The quantitative estimate of drug-likeness (QED) is 0.806. The summed E-state index contributed by atoms with van der Waals surface area (Å²) in [4.78, 5) is 4.88. The molecule has 1 atom stereocenters. The maximum Gasteiger partial charge on any atom is 0.0594 e. The Morgan fingerprint density at radius 1 is 1.16 bits per heavy atom. The zero-order valence-electron chi connectivity index (χ0n) is 12.4. The van der Waals surface area contributed by atoms with Gasteiger partial charge in [-0.05, 0) is 33.0 Å². The van der Waals surface area contributed by atoms with E-state index in [4.69, 9.17) is 4.74 Å². The number of hydrogen-bond donors (Lipinski definition) is 0. The molecule has 1 aliphatic rings. The molecule has 3 nitrogen and oxygen atoms in total. The number of nitrogens with zero attached hydrogens (tertiary/aromatic N) is 2. The highest BCUT2D eigenvalue weighted by molar-refractivity contribution is 5.18. The summed E-state index contributed by atoms with van der Waals surface area (Å²) in [6, 6.07) is 10.8. The van der Waals surface area contributed by atoms with Crippen molar-refractivity contribution in [1.29, 1.82) is 0 Å². The van der Waals surface area contributed by atoms with Crippen molar-refractivity contribution in [2.45, 2.75) is 18.9 Å². The second kappa shape index (κ2) is 6.51. The van der Waals surface area contributed by atoms with Crippen molar-refractivity contribution in [3.05, 3.63) is 35.9 Å². The lowest BCUT2D eigenvalue weighted by molar-refractivity contribution is 0.0100. The molecule has 1 aromatic carbocycles. The smallest absolute Gasteiger partial charge is 0.0594 e. The number of rotatable bonds is 5. The van der Waals surface area contributed by atoms with Crippen LogP contribution in [0, 0.1) is 0 Å². The fourth-order valence-electron chi connectivity index (χ4n) is 2.63. The van der Waals surface area contributed by atoms with Gasteiger partial charge in [-0.3, -0.25) is 4.90 Å². The van der Waals surface area contributed by atoms with Gasteiger partial charge in [-0.15, -0.1) is 0 Å². The van der Waals surface area contributed by atoms with Gasteiger partial charge in [0, 0.05) is 25.2 Å². The monoisotopic (exact) mass is 262 g/mol. The lowest BCUT2D eigenvalue weighted by Crippen LogP contribution is -2.54. The number of ether oxygens (including phenoxy) is 1. The lowest BCUT2D eigenvalue weighted by atomic mass is 9.90. The van der Waals surface area contributed by atoms with E-state index in [1.54, 1.807) is 0 Å². The molecular formula is C16H26N2O. The second-order valence-electron chi connectivity index (χ2n) is 5.94. The summed E-state index contributed by atoms with van der Waals surface area (Å²) >= 11 is 0. The molecule has 1 aromatic rings. The summed E-state index contributed by atoms with van der Waals surface area (Å²) in [5, 5.41) is 0. The molecule has 0 aliphatic carbocycles. The standard InChI is InChI=1S/C16H26N2O/c1-16(17(2)3,13-15-7-5-4-6-8-15)14-18-9-11-19-12-10-18/h4-8H,9-14H2,1-3H3. The van der Waals surface area contributed by atoms with Crippen molar-refractivity contribution in [3.8, 4) is 0 Å². The Morgan fingerprint density at radius 3 is 2.37 bits per heavy atom. The largest absolute Gasteiger partial charge is 0.379 e. The fraction of sp³-hybridized carbons (Fsp3) is 0.625. The van der Waals surface area contributed by atoms with E-state index in [0.29, 0.717) is 0 Å². The molecule has 2 rings (SSSR count). The van der Waals surface area contributed by atoms with Crippen LogP contribution in [0.5, 0.6) is 0 Å². The molecule has 1 saturated heterocycles. The van der Waals surface area contributed by atoms with Crippen molar-refractivity contribution in [1.82, 2.24) is 9.80 Å². The molecule has 0 saturated carbocycles. The van der Waals surface area contributed by atoms with Crippen molar-refractivity contribution in [2.75, 3.05) is 46.9 Å². The van der Waals surface area contributed by atoms with Crippen molar-refractivity contribution in [3.63, 3.8) is 0 Å². The van der Waals surface area contributed by atoms with Crippen LogP contribution in [0.25, 0.3) is 0 Å². The molecule has 1 heterocycles. The normalized spacial score (nSPS) is 20.4. The molecule has 106 valence electrons. The van der Waals surface area contributed by atoms with E-state index in [2.05, 4.69) is 61.2 Å². The van der Waals surface area contributed by atoms with Gasteiger partial charge in [0.05, 0.1) is 13.2 Å². The summed E-state index contributed by atoms with van der Waals surface area (Å²) in [6.45, 7) is 7.30. The van der Waals surface area contributed by atoms with Crippen molar-refractivity contribution < 1.29 is 4.74 Å². The average Bonchev–Trinajstić information content (AvgIpc) is 2.40. The lowest BCUT2D eigenvalue weighted by Gasteiger charge is -2.42. The van der Waals surface area contributed by atoms with Gasteiger partial charge in [0.2, 0.25) is 0 Å². The van der Waals surface area contributed by atoms with Crippen LogP contribution in [0.2, 0.25) is 0 Å². The molecule has 0 aromatic heterocycles. The van der Waals surface area contributed by atoms with Gasteiger partial charge in [-0.2, -0.15) is 0 Å². The van der Waals surface area contributed by atoms with E-state index in [-0.39, 0.29) is 5.54 Å². The van der Waals surface area contributed by atoms with Crippen LogP contribution in [0.4, 0.5) is 0 Å². The van der Waals surface area contributed by atoms with Gasteiger partial charge in [0.15, 0.2) is 0 Å². The van der Waals surface area contributed by atoms with Crippen molar-refractivity contribution in [2.24, 2.45) is 0 Å². The first-order chi connectivity index (χ1) is 9.10. The van der Waals surface area contributed by atoms with Crippen LogP contribution in [-0.2, 0) is 11.2 Å². The van der Waals surface area contributed by atoms with Crippen molar-refractivity contribution >= 4 is 0 Å². The first-order valence-corrected chi connectivity index (χ1v) is 7.12. The van der Waals surface area contributed by atoms with Crippen LogP contribution >= 0.6 is 0 Å². The summed E-state index contributed by atoms with van der Waals surface area (Å²) in [6.07, 6.45) is 1.08. The zero-order chi connectivity index (χ0) is 13.7. The van der Waals surface area contributed by atoms with Gasteiger partial charge >= 0.3 is 0 Å². The topological polar surface area (TPSA) is 15.7 Å². The van der Waals surface area contributed by atoms with Crippen LogP contribution in [0.15, 0.2) is 30.3 Å². The van der Waals surface area contributed by atoms with Gasteiger partial charge in [-0.1, -0.05) is 30.3 Å². The predicted molar refractivity (Wildman–Crippen MR) is 79.5 cm³/mol. The Hall–Kier alpha value is -0.900. The van der Waals surface area contributed by atoms with E-state index in [0.717, 1.165) is 39.3 Å². The number of likely N-dealkylation sites (N-methyl/N-ethyl adjacent to an activating group) is 1. The van der Waals surface area contributed by atoms with Crippen LogP contribution < -0.4 is 0 Å². The molecule has 1 aliphatic heterocycles. The van der Waals surface area contributed by atoms with E-state index in [1.807, 2.05) is 0 Å². The van der Waals surface area contributed by atoms with E-state index < -0.39 is 0 Å². The Labute approximate surface area is 117 Å². The van der Waals surface area contributed by atoms with Crippen LogP contribution in [0.3, 0.4) is 0 Å². The summed E-state index contributed by atoms with van der Waals surface area (Å²) in [7, 11) is 4.37. The maximum absolute atomic E-state index is 5.44. The summed E-state index contributed by atoms with van der Waals surface area (Å²) in [5.74, 6) is 0. The highest BCUT2D eigenvalue weighted by atomic mass is 16.5. The minimum absolute atomic E-state index is 0.165. The minimum atomic E-state index is 0.165. The molecule has 0 radical (unpaired) electrons. The molecule has 0 N–H and O–H groups in total. The third kappa shape index (κ3) is 4.03. The van der Waals surface area contributed by atoms with Gasteiger partial charge in [0.1, 0.15) is 0 Å². The molecule has 1 unspecified atom stereocenters. The predicted octanol–water partition coefficient (Wildman–Crippen LogP) is 1.88. The Kier molecular flexibility index (Phi) is 4.97. The minimum Gasteiger partial charge on any atom is -0.379 e. The number of benzene rings is 1. The molecule has 19 heavy (non-hydrogen) atoms. The number of hydrogen-bond acceptors (Lipinski definition) is 3. The van der Waals surface area contributed by atoms with Crippen LogP contribution in [-0.4, -0.2) is 62.3 Å². The molecule has 1 fully saturated rings. The maximum atomic E-state index is 5.44. The average molecular weight is 262 g/mol. The van der Waals surface area contributed by atoms with E-state index in [1.165, 1.54) is 5.56 Å². The summed E-state index contributed by atoms with van der Waals surface area (Å²) < 4.78 is 5.44. The molecule has 0 spiro atoms. The fourth-order valence-corrected chi connectivity index (χ4v) is 2.63. The third-order valence-electron chi connectivity index (χ3n) is 4.18.